The van der Waals surface area contributed by atoms with Crippen molar-refractivity contribution in [2.75, 3.05) is 12.5 Å². The van der Waals surface area contributed by atoms with Gasteiger partial charge >= 0.3 is 5.97 Å². The molecule has 0 saturated carbocycles. The van der Waals surface area contributed by atoms with E-state index in [1.165, 1.54) is 0 Å². The first-order valence-corrected chi connectivity index (χ1v) is 5.24. The second kappa shape index (κ2) is 6.25. The summed E-state index contributed by atoms with van der Waals surface area (Å²) in [5.74, 6) is 0.257. The first kappa shape index (κ1) is 11.8. The number of hydrogen-bond acceptors (Lipinski definition) is 2. The fourth-order valence-electron chi connectivity index (χ4n) is 1.13. The van der Waals surface area contributed by atoms with E-state index in [1.807, 2.05) is 12.1 Å². The molecule has 15 heavy (non-hydrogen) atoms. The number of aryl methyl sites for hydroxylation is 1. The van der Waals surface area contributed by atoms with Crippen LogP contribution in [0.5, 0.6) is 0 Å². The Morgan fingerprint density at radius 1 is 1.40 bits per heavy atom. The Hall–Kier alpha value is -1.28. The van der Waals surface area contributed by atoms with Crippen LogP contribution in [0.4, 0.5) is 0 Å². The molecular formula is C12H13ClO2. The van der Waals surface area contributed by atoms with Crippen molar-refractivity contribution in [2.24, 2.45) is 0 Å². The van der Waals surface area contributed by atoms with Gasteiger partial charge in [0.25, 0.3) is 0 Å². The lowest BCUT2D eigenvalue weighted by atomic mass is 10.1. The quantitative estimate of drug-likeness (QED) is 0.437. The Labute approximate surface area is 94.5 Å². The maximum absolute atomic E-state index is 11.4. The normalized spacial score (nSPS) is 9.67. The lowest BCUT2D eigenvalue weighted by Gasteiger charge is -2.02. The Morgan fingerprint density at radius 3 is 2.60 bits per heavy atom. The highest BCUT2D eigenvalue weighted by molar-refractivity contribution is 6.17. The van der Waals surface area contributed by atoms with Crippen molar-refractivity contribution in [3.8, 4) is 0 Å². The Balaban J connectivity index is 2.62. The minimum Gasteiger partial charge on any atom is -0.458 e. The molecule has 0 heterocycles. The smallest absolute Gasteiger partial charge is 0.338 e. The largest absolute Gasteiger partial charge is 0.458 e. The van der Waals surface area contributed by atoms with E-state index in [1.54, 1.807) is 18.2 Å². The molecule has 0 aliphatic carbocycles. The van der Waals surface area contributed by atoms with E-state index in [0.717, 1.165) is 12.0 Å². The first-order chi connectivity index (χ1) is 7.27. The summed E-state index contributed by atoms with van der Waals surface area (Å²) in [6.45, 7) is 3.71. The second-order valence-corrected chi connectivity index (χ2v) is 3.40. The van der Waals surface area contributed by atoms with Gasteiger partial charge in [-0.25, -0.2) is 4.79 Å². The summed E-state index contributed by atoms with van der Waals surface area (Å²) in [6.07, 6.45) is 2.35. The maximum Gasteiger partial charge on any atom is 0.338 e. The molecule has 0 saturated heterocycles. The highest BCUT2D eigenvalue weighted by Crippen LogP contribution is 2.07. The van der Waals surface area contributed by atoms with Gasteiger partial charge in [-0.15, -0.1) is 11.6 Å². The van der Waals surface area contributed by atoms with Gasteiger partial charge in [-0.2, -0.15) is 0 Å². The fourth-order valence-corrected chi connectivity index (χ4v) is 1.35. The third-order valence-corrected chi connectivity index (χ3v) is 2.09. The van der Waals surface area contributed by atoms with Crippen molar-refractivity contribution in [1.29, 1.82) is 0 Å². The zero-order chi connectivity index (χ0) is 11.1. The fraction of sp³-hybridized carbons (Fsp3) is 0.250. The van der Waals surface area contributed by atoms with Gasteiger partial charge in [0.2, 0.25) is 0 Å². The number of ether oxygens (including phenoxy) is 1. The summed E-state index contributed by atoms with van der Waals surface area (Å²) in [7, 11) is 0. The standard InChI is InChI=1S/C12H13ClO2/c1-2-9-15-12(14)11-5-3-10(4-6-11)7-8-13/h2-6H,1,7-9H2. The zero-order valence-electron chi connectivity index (χ0n) is 8.41. The molecule has 0 radical (unpaired) electrons. The number of carbonyl (C=O) groups excluding carboxylic acids is 1. The van der Waals surface area contributed by atoms with Gasteiger partial charge in [0.05, 0.1) is 5.56 Å². The SMILES string of the molecule is C=CCOC(=O)c1ccc(CCCl)cc1. The van der Waals surface area contributed by atoms with Crippen LogP contribution in [0.3, 0.4) is 0 Å². The Morgan fingerprint density at radius 2 is 2.07 bits per heavy atom. The highest BCUT2D eigenvalue weighted by Gasteiger charge is 2.05. The van der Waals surface area contributed by atoms with Crippen molar-refractivity contribution in [2.45, 2.75) is 6.42 Å². The van der Waals surface area contributed by atoms with Crippen molar-refractivity contribution in [3.63, 3.8) is 0 Å². The monoisotopic (exact) mass is 224 g/mol. The molecule has 1 aromatic carbocycles. The predicted molar refractivity (Wildman–Crippen MR) is 61.3 cm³/mol. The van der Waals surface area contributed by atoms with E-state index in [0.29, 0.717) is 11.4 Å². The number of carbonyl (C=O) groups is 1. The molecule has 1 aromatic rings. The molecule has 3 heteroatoms. The van der Waals surface area contributed by atoms with E-state index in [4.69, 9.17) is 16.3 Å². The lowest BCUT2D eigenvalue weighted by Crippen LogP contribution is -2.04. The van der Waals surface area contributed by atoms with Crippen molar-refractivity contribution < 1.29 is 9.53 Å². The van der Waals surface area contributed by atoms with Crippen LogP contribution in [-0.2, 0) is 11.2 Å². The summed E-state index contributed by atoms with van der Waals surface area (Å²) in [5, 5.41) is 0. The van der Waals surface area contributed by atoms with E-state index < -0.39 is 0 Å². The average Bonchev–Trinajstić information content (AvgIpc) is 2.27. The number of halogens is 1. The van der Waals surface area contributed by atoms with Gasteiger partial charge in [-0.05, 0) is 24.1 Å². The molecule has 80 valence electrons. The van der Waals surface area contributed by atoms with Crippen LogP contribution >= 0.6 is 11.6 Å². The van der Waals surface area contributed by atoms with Crippen LogP contribution in [0.15, 0.2) is 36.9 Å². The van der Waals surface area contributed by atoms with Gasteiger partial charge in [0.1, 0.15) is 6.61 Å². The van der Waals surface area contributed by atoms with Crippen LogP contribution < -0.4 is 0 Å². The topological polar surface area (TPSA) is 26.3 Å². The molecule has 0 aromatic heterocycles. The van der Waals surface area contributed by atoms with E-state index >= 15 is 0 Å². The summed E-state index contributed by atoms with van der Waals surface area (Å²) in [5.41, 5.74) is 1.67. The maximum atomic E-state index is 11.4. The number of rotatable bonds is 5. The van der Waals surface area contributed by atoms with E-state index in [-0.39, 0.29) is 12.6 Å². The van der Waals surface area contributed by atoms with Crippen molar-refractivity contribution >= 4 is 17.6 Å². The molecule has 0 N–H and O–H groups in total. The molecule has 0 aliphatic heterocycles. The second-order valence-electron chi connectivity index (χ2n) is 3.02. The lowest BCUT2D eigenvalue weighted by molar-refractivity contribution is 0.0550. The molecule has 0 unspecified atom stereocenters. The third-order valence-electron chi connectivity index (χ3n) is 1.91. The molecule has 0 aliphatic rings. The van der Waals surface area contributed by atoms with Crippen molar-refractivity contribution in [3.05, 3.63) is 48.0 Å². The van der Waals surface area contributed by atoms with Crippen LogP contribution in [-0.4, -0.2) is 18.5 Å². The van der Waals surface area contributed by atoms with Gasteiger partial charge in [0.15, 0.2) is 0 Å². The number of esters is 1. The minimum absolute atomic E-state index is 0.238. The van der Waals surface area contributed by atoms with Crippen LogP contribution in [0.1, 0.15) is 15.9 Å². The molecule has 1 rings (SSSR count). The number of alkyl halides is 1. The molecule has 2 nitrogen and oxygen atoms in total. The predicted octanol–water partition coefficient (Wildman–Crippen LogP) is 2.81. The van der Waals surface area contributed by atoms with Crippen molar-refractivity contribution in [1.82, 2.24) is 0 Å². The summed E-state index contributed by atoms with van der Waals surface area (Å²) >= 11 is 5.60. The molecule has 0 fully saturated rings. The zero-order valence-corrected chi connectivity index (χ0v) is 9.17. The average molecular weight is 225 g/mol. The van der Waals surface area contributed by atoms with Gasteiger partial charge in [-0.1, -0.05) is 24.8 Å². The molecule has 0 spiro atoms. The van der Waals surface area contributed by atoms with Gasteiger partial charge in [0, 0.05) is 5.88 Å². The van der Waals surface area contributed by atoms with Crippen LogP contribution in [0.25, 0.3) is 0 Å². The number of benzene rings is 1. The van der Waals surface area contributed by atoms with Gasteiger partial charge in [-0.3, -0.25) is 0 Å². The first-order valence-electron chi connectivity index (χ1n) is 4.71. The van der Waals surface area contributed by atoms with Gasteiger partial charge < -0.3 is 4.74 Å². The minimum atomic E-state index is -0.327. The third kappa shape index (κ3) is 3.76. The summed E-state index contributed by atoms with van der Waals surface area (Å²) in [6, 6.07) is 7.25. The van der Waals surface area contributed by atoms with Crippen LogP contribution in [0, 0.1) is 0 Å². The summed E-state index contributed by atoms with van der Waals surface area (Å²) < 4.78 is 4.89. The van der Waals surface area contributed by atoms with E-state index in [2.05, 4.69) is 6.58 Å². The Bertz CT molecular complexity index is 330. The molecule has 0 amide bonds. The molecule has 0 atom stereocenters. The Kier molecular flexibility index (Phi) is 4.91. The molecule has 0 bridgehead atoms. The van der Waals surface area contributed by atoms with Crippen LogP contribution in [0.2, 0.25) is 0 Å². The molecular weight excluding hydrogens is 212 g/mol. The number of hydrogen-bond donors (Lipinski definition) is 0. The highest BCUT2D eigenvalue weighted by atomic mass is 35.5. The van der Waals surface area contributed by atoms with E-state index in [9.17, 15) is 4.79 Å². The summed E-state index contributed by atoms with van der Waals surface area (Å²) in [4.78, 5) is 11.4.